The van der Waals surface area contributed by atoms with Crippen molar-refractivity contribution < 1.29 is 35.4 Å². The molecule has 7 heteroatoms. The van der Waals surface area contributed by atoms with Crippen molar-refractivity contribution in [1.29, 1.82) is 0 Å². The van der Waals surface area contributed by atoms with Crippen LogP contribution in [0.25, 0.3) is 0 Å². The largest absolute Gasteiger partial charge is 0.307 e. The molecule has 0 N–H and O–H groups in total. The summed E-state index contributed by atoms with van der Waals surface area (Å²) >= 11 is 0. The van der Waals surface area contributed by atoms with Crippen LogP contribution in [0.1, 0.15) is 289 Å². The van der Waals surface area contributed by atoms with E-state index in [1.807, 2.05) is 20.4 Å². The quantitative estimate of drug-likeness (QED) is 0.216. The van der Waals surface area contributed by atoms with Gasteiger partial charge in [0.2, 0.25) is 0 Å². The second-order valence-electron chi connectivity index (χ2n) is 22.0. The fourth-order valence-corrected chi connectivity index (χ4v) is 29.1. The second-order valence-corrected chi connectivity index (χ2v) is 31.2. The fraction of sp³-hybridized carbons (Fsp3) is 0.947. The number of rotatable bonds is 9. The maximum atomic E-state index is 8.00. The minimum absolute atomic E-state index is 0. The molecule has 372 valence electrons. The number of hydrogen-bond donors (Lipinski definition) is 0. The first kappa shape index (κ1) is 59.3. The Morgan fingerprint density at radius 3 is 0.328 bits per heavy atom. The normalized spacial score (nSPS) is 25.9. The van der Waals surface area contributed by atoms with Crippen LogP contribution in [0.15, 0.2) is 0 Å². The maximum Gasteiger partial charge on any atom is 0.106 e. The summed E-state index contributed by atoms with van der Waals surface area (Å²) in [6, 6.07) is 0. The van der Waals surface area contributed by atoms with Crippen LogP contribution in [0, 0.1) is 0 Å². The van der Waals surface area contributed by atoms with Gasteiger partial charge in [-0.2, -0.15) is 0 Å². The predicted molar refractivity (Wildman–Crippen MR) is 284 cm³/mol. The van der Waals surface area contributed by atoms with E-state index >= 15 is 0 Å². The van der Waals surface area contributed by atoms with Crippen molar-refractivity contribution in [1.82, 2.24) is 0 Å². The van der Waals surface area contributed by atoms with Gasteiger partial charge in [-0.3, -0.25) is 0 Å². The summed E-state index contributed by atoms with van der Waals surface area (Å²) in [5.41, 5.74) is 10.7. The van der Waals surface area contributed by atoms with Gasteiger partial charge >= 0.3 is 0 Å². The first-order valence-electron chi connectivity index (χ1n) is 28.5. The molecule has 9 aliphatic carbocycles. The Kier molecular flexibility index (Phi) is 35.0. The molecule has 0 amide bonds. The zero-order valence-corrected chi connectivity index (χ0v) is 47.7. The van der Waals surface area contributed by atoms with Gasteiger partial charge in [0.15, 0.2) is 0 Å². The Morgan fingerprint density at radius 1 is 0.172 bits per heavy atom. The van der Waals surface area contributed by atoms with Crippen LogP contribution in [-0.4, -0.2) is 71.3 Å². The van der Waals surface area contributed by atoms with Crippen molar-refractivity contribution in [2.45, 2.75) is 340 Å². The van der Waals surface area contributed by atoms with E-state index in [-0.39, 0.29) is 21.1 Å². The second kappa shape index (κ2) is 37.8. The third-order valence-electron chi connectivity index (χ3n) is 18.0. The van der Waals surface area contributed by atoms with E-state index in [1.165, 1.54) is 109 Å². The Hall–Kier alpha value is 0.988. The summed E-state index contributed by atoms with van der Waals surface area (Å²) in [6.07, 6.45) is 70.9. The minimum Gasteiger partial charge on any atom is -0.307 e. The molecule has 0 aliphatic heterocycles. The molecular formula is C57H105O3P3W. The third-order valence-corrected chi connectivity index (χ3v) is 30.2. The first-order chi connectivity index (χ1) is 31.3. The summed E-state index contributed by atoms with van der Waals surface area (Å²) in [5, 5.41) is 0. The number of hydrogen-bond acceptors (Lipinski definition) is 3. The van der Waals surface area contributed by atoms with Crippen LogP contribution in [0.3, 0.4) is 0 Å². The van der Waals surface area contributed by atoms with Crippen molar-refractivity contribution in [2.24, 2.45) is 0 Å². The van der Waals surface area contributed by atoms with Crippen LogP contribution in [0.2, 0.25) is 0 Å². The molecular weight excluding hydrogens is 1010 g/mol. The van der Waals surface area contributed by atoms with E-state index in [0.29, 0.717) is 23.8 Å². The molecule has 9 fully saturated rings. The van der Waals surface area contributed by atoms with Crippen molar-refractivity contribution in [3.63, 3.8) is 0 Å². The van der Waals surface area contributed by atoms with Gasteiger partial charge < -0.3 is 14.4 Å². The summed E-state index contributed by atoms with van der Waals surface area (Å²) in [5.74, 6) is 0. The molecule has 9 aliphatic rings. The zero-order valence-electron chi connectivity index (χ0n) is 42.1. The van der Waals surface area contributed by atoms with Gasteiger partial charge in [0.05, 0.1) is 0 Å². The predicted octanol–water partition coefficient (Wildman–Crippen LogP) is 18.8. The topological polar surface area (TPSA) is 51.2 Å². The van der Waals surface area contributed by atoms with Gasteiger partial charge in [-0.15, -0.1) is 0 Å². The van der Waals surface area contributed by atoms with E-state index in [4.69, 9.17) is 14.4 Å². The van der Waals surface area contributed by atoms with E-state index in [9.17, 15) is 0 Å². The fourth-order valence-electron chi connectivity index (χ4n) is 15.1. The molecule has 0 bridgehead atoms. The average molecular weight is 1120 g/mol. The van der Waals surface area contributed by atoms with Gasteiger partial charge in [0.25, 0.3) is 0 Å². The van der Waals surface area contributed by atoms with Gasteiger partial charge in [0, 0.05) is 21.1 Å². The van der Waals surface area contributed by atoms with Gasteiger partial charge in [-0.1, -0.05) is 197 Å². The van der Waals surface area contributed by atoms with Crippen LogP contribution in [-0.2, 0) is 35.4 Å². The summed E-state index contributed by atoms with van der Waals surface area (Å²) in [7, 11) is 1.15. The molecule has 0 heterocycles. The monoisotopic (exact) mass is 1110 g/mol. The third kappa shape index (κ3) is 20.4. The molecule has 0 saturated heterocycles. The van der Waals surface area contributed by atoms with Gasteiger partial charge in [-0.05, 0) is 167 Å². The molecule has 64 heavy (non-hydrogen) atoms. The molecule has 0 unspecified atom stereocenters. The standard InChI is InChI=1S/3C18H33P.3CH2O.W/c3*1-4-10-16(11-5-1)19(17-12-6-2-7-13-17)18-14-8-3-9-15-18;3*1-2;/h3*16-18H,1-15H2;3*1H2;. The average Bonchev–Trinajstić information content (AvgIpc) is 3.39. The Labute approximate surface area is 417 Å². The smallest absolute Gasteiger partial charge is 0.106 e. The molecule has 0 spiro atoms. The Bertz CT molecular complexity index is 800. The van der Waals surface area contributed by atoms with Crippen molar-refractivity contribution in [3.05, 3.63) is 0 Å². The summed E-state index contributed by atoms with van der Waals surface area (Å²) < 4.78 is 0. The van der Waals surface area contributed by atoms with Gasteiger partial charge in [-0.25, -0.2) is 0 Å². The van der Waals surface area contributed by atoms with Crippen molar-refractivity contribution >= 4 is 44.1 Å². The number of carbonyl (C=O) groups excluding carboxylic acids is 3. The summed E-state index contributed by atoms with van der Waals surface area (Å²) in [4.78, 5) is 24.0. The van der Waals surface area contributed by atoms with E-state index in [2.05, 4.69) is 0 Å². The molecule has 0 aromatic carbocycles. The Morgan fingerprint density at radius 2 is 0.250 bits per heavy atom. The SMILES string of the molecule is C1CCC(P(C2CCCCC2)C2CCCCC2)CC1.C1CCC(P(C2CCCCC2)C2CCCCC2)CC1.C1CCC(P(C2CCCCC2)C2CCCCC2)CC1.C=O.C=O.C=O.[W]. The van der Waals surface area contributed by atoms with Crippen LogP contribution < -0.4 is 0 Å². The van der Waals surface area contributed by atoms with Crippen LogP contribution in [0.4, 0.5) is 0 Å². The van der Waals surface area contributed by atoms with Crippen molar-refractivity contribution in [2.75, 3.05) is 0 Å². The molecule has 0 aromatic heterocycles. The van der Waals surface area contributed by atoms with E-state index < -0.39 is 0 Å². The molecule has 0 radical (unpaired) electrons. The summed E-state index contributed by atoms with van der Waals surface area (Å²) in [6.45, 7) is 6.00. The molecule has 9 saturated carbocycles. The molecule has 0 atom stereocenters. The van der Waals surface area contributed by atoms with E-state index in [1.54, 1.807) is 231 Å². The Balaban J connectivity index is 0.000000239. The number of carbonyl (C=O) groups is 3. The molecule has 0 aromatic rings. The first-order valence-corrected chi connectivity index (χ1v) is 33.2. The van der Waals surface area contributed by atoms with Crippen LogP contribution in [0.5, 0.6) is 0 Å². The van der Waals surface area contributed by atoms with E-state index in [0.717, 1.165) is 0 Å². The minimum atomic E-state index is 0. The zero-order chi connectivity index (χ0) is 44.7. The van der Waals surface area contributed by atoms with Crippen LogP contribution >= 0.6 is 23.8 Å². The van der Waals surface area contributed by atoms with Crippen molar-refractivity contribution in [3.8, 4) is 0 Å². The maximum absolute atomic E-state index is 8.00. The molecule has 3 nitrogen and oxygen atoms in total. The van der Waals surface area contributed by atoms with Gasteiger partial charge in [0.1, 0.15) is 20.4 Å². The molecule has 9 rings (SSSR count).